The molecule has 0 radical (unpaired) electrons. The Labute approximate surface area is 215 Å². The molecule has 0 aliphatic carbocycles. The number of benzene rings is 2. The van der Waals surface area contributed by atoms with Crippen molar-refractivity contribution in [2.45, 2.75) is 66.1 Å². The van der Waals surface area contributed by atoms with Gasteiger partial charge in [0.25, 0.3) is 0 Å². The summed E-state index contributed by atoms with van der Waals surface area (Å²) in [6.07, 6.45) is 2.22. The Hall–Kier alpha value is -3.07. The lowest BCUT2D eigenvalue weighted by Gasteiger charge is -2.33. The molecule has 2 rings (SSSR count). The first kappa shape index (κ1) is 29.2. The molecule has 0 saturated heterocycles. The number of nitrogens with one attached hydrogen (secondary N) is 1. The molecule has 0 heterocycles. The number of ether oxygens (including phenoxy) is 1. The maximum Gasteiger partial charge on any atom is 0.244 e. The third-order valence-electron chi connectivity index (χ3n) is 6.20. The molecule has 0 aliphatic rings. The zero-order chi connectivity index (χ0) is 27.0. The molecule has 2 aromatic carbocycles. The fourth-order valence-corrected chi connectivity index (χ4v) is 4.88. The van der Waals surface area contributed by atoms with Crippen molar-refractivity contribution in [2.24, 2.45) is 0 Å². The molecule has 8 nitrogen and oxygen atoms in total. The van der Waals surface area contributed by atoms with Crippen LogP contribution in [0.15, 0.2) is 42.5 Å². The number of aryl methyl sites for hydroxylation is 2. The Morgan fingerprint density at radius 2 is 1.67 bits per heavy atom. The van der Waals surface area contributed by atoms with Crippen LogP contribution in [0.5, 0.6) is 5.75 Å². The summed E-state index contributed by atoms with van der Waals surface area (Å²) in [5.74, 6) is -0.0372. The Bertz CT molecular complexity index is 1150. The maximum absolute atomic E-state index is 13.8. The summed E-state index contributed by atoms with van der Waals surface area (Å²) in [6, 6.07) is 11.8. The third kappa shape index (κ3) is 7.71. The highest BCUT2D eigenvalue weighted by atomic mass is 32.2. The van der Waals surface area contributed by atoms with E-state index >= 15 is 0 Å². The van der Waals surface area contributed by atoms with Crippen LogP contribution in [0, 0.1) is 13.8 Å². The summed E-state index contributed by atoms with van der Waals surface area (Å²) in [6.45, 7) is 9.20. The molecule has 1 N–H and O–H groups in total. The highest BCUT2D eigenvalue weighted by Gasteiger charge is 2.32. The molecule has 198 valence electrons. The minimum absolute atomic E-state index is 0.0489. The van der Waals surface area contributed by atoms with E-state index in [2.05, 4.69) is 5.32 Å². The lowest BCUT2D eigenvalue weighted by atomic mass is 10.1. The van der Waals surface area contributed by atoms with E-state index in [1.165, 1.54) is 4.90 Å². The molecule has 0 fully saturated rings. The second-order valence-electron chi connectivity index (χ2n) is 9.17. The normalized spacial score (nSPS) is 13.0. The topological polar surface area (TPSA) is 96.0 Å². The molecule has 0 saturated carbocycles. The molecular formula is C27H39N3O5S. The molecule has 0 aromatic heterocycles. The fraction of sp³-hybridized carbons (Fsp3) is 0.481. The van der Waals surface area contributed by atoms with Gasteiger partial charge in [0.05, 0.1) is 19.1 Å². The number of hydrogen-bond acceptors (Lipinski definition) is 5. The minimum atomic E-state index is -3.77. The predicted octanol–water partition coefficient (Wildman–Crippen LogP) is 3.80. The number of carbonyl (C=O) groups is 2. The number of rotatable bonds is 12. The molecule has 2 amide bonds. The highest BCUT2D eigenvalue weighted by Crippen LogP contribution is 2.25. The van der Waals surface area contributed by atoms with Crippen molar-refractivity contribution < 1.29 is 22.7 Å². The summed E-state index contributed by atoms with van der Waals surface area (Å²) < 4.78 is 31.9. The average molecular weight is 518 g/mol. The Morgan fingerprint density at radius 1 is 1.03 bits per heavy atom. The molecule has 2 atom stereocenters. The van der Waals surface area contributed by atoms with Crippen LogP contribution in [0.1, 0.15) is 50.3 Å². The van der Waals surface area contributed by atoms with Gasteiger partial charge < -0.3 is 15.0 Å². The Kier molecular flexibility index (Phi) is 10.3. The van der Waals surface area contributed by atoms with Gasteiger partial charge in [0.15, 0.2) is 0 Å². The lowest BCUT2D eigenvalue weighted by Crippen LogP contribution is -2.53. The van der Waals surface area contributed by atoms with Crippen molar-refractivity contribution in [2.75, 3.05) is 24.2 Å². The molecule has 0 spiro atoms. The van der Waals surface area contributed by atoms with E-state index in [9.17, 15) is 18.0 Å². The van der Waals surface area contributed by atoms with Gasteiger partial charge in [-0.05, 0) is 62.9 Å². The first-order chi connectivity index (χ1) is 16.9. The van der Waals surface area contributed by atoms with Crippen molar-refractivity contribution in [3.63, 3.8) is 0 Å². The van der Waals surface area contributed by atoms with E-state index in [1.807, 2.05) is 58.9 Å². The summed E-state index contributed by atoms with van der Waals surface area (Å²) in [5.41, 5.74) is 2.98. The Balaban J connectivity index is 2.46. The van der Waals surface area contributed by atoms with E-state index in [0.717, 1.165) is 33.7 Å². The number of sulfonamides is 1. The van der Waals surface area contributed by atoms with Crippen LogP contribution in [0.3, 0.4) is 0 Å². The lowest BCUT2D eigenvalue weighted by molar-refractivity contribution is -0.140. The molecule has 2 aromatic rings. The summed E-state index contributed by atoms with van der Waals surface area (Å²) in [7, 11) is -2.20. The molecule has 0 unspecified atom stereocenters. The van der Waals surface area contributed by atoms with Crippen LogP contribution < -0.4 is 14.4 Å². The third-order valence-corrected chi connectivity index (χ3v) is 7.33. The van der Waals surface area contributed by atoms with E-state index in [1.54, 1.807) is 25.3 Å². The van der Waals surface area contributed by atoms with E-state index in [4.69, 9.17) is 4.74 Å². The molecule has 0 bridgehead atoms. The number of hydrogen-bond donors (Lipinski definition) is 1. The molecule has 9 heteroatoms. The SMILES string of the molecule is CC[C@@H](C)NC(=O)[C@@H](CC)N(Cc1ccc(OC)cc1)C(=O)CN(c1ccc(C)cc1C)S(C)(=O)=O. The van der Waals surface area contributed by atoms with Crippen molar-refractivity contribution in [1.29, 1.82) is 0 Å². The van der Waals surface area contributed by atoms with Gasteiger partial charge in [-0.2, -0.15) is 0 Å². The largest absolute Gasteiger partial charge is 0.497 e. The van der Waals surface area contributed by atoms with Crippen molar-refractivity contribution >= 4 is 27.5 Å². The van der Waals surface area contributed by atoms with Gasteiger partial charge in [-0.3, -0.25) is 13.9 Å². The van der Waals surface area contributed by atoms with Gasteiger partial charge >= 0.3 is 0 Å². The Morgan fingerprint density at radius 3 is 2.17 bits per heavy atom. The van der Waals surface area contributed by atoms with E-state index in [-0.39, 0.29) is 18.5 Å². The highest BCUT2D eigenvalue weighted by molar-refractivity contribution is 7.92. The van der Waals surface area contributed by atoms with Crippen molar-refractivity contribution in [3.05, 3.63) is 59.2 Å². The van der Waals surface area contributed by atoms with E-state index in [0.29, 0.717) is 17.9 Å². The second kappa shape index (κ2) is 12.8. The van der Waals surface area contributed by atoms with Crippen LogP contribution in [0.4, 0.5) is 5.69 Å². The van der Waals surface area contributed by atoms with Gasteiger partial charge in [-0.15, -0.1) is 0 Å². The predicted molar refractivity (Wildman–Crippen MR) is 144 cm³/mol. The van der Waals surface area contributed by atoms with Crippen molar-refractivity contribution in [1.82, 2.24) is 10.2 Å². The number of carbonyl (C=O) groups excluding carboxylic acids is 2. The average Bonchev–Trinajstić information content (AvgIpc) is 2.82. The fourth-order valence-electron chi connectivity index (χ4n) is 3.97. The maximum atomic E-state index is 13.8. The summed E-state index contributed by atoms with van der Waals surface area (Å²) in [5, 5.41) is 2.97. The van der Waals surface area contributed by atoms with Gasteiger partial charge in [-0.1, -0.05) is 43.7 Å². The van der Waals surface area contributed by atoms with Crippen molar-refractivity contribution in [3.8, 4) is 5.75 Å². The quantitative estimate of drug-likeness (QED) is 0.462. The standard InChI is InChI=1S/C27H39N3O5S/c1-8-21(5)28-27(32)24(9-2)29(17-22-11-13-23(35-6)14-12-22)26(31)18-30(36(7,33)34)25-15-10-19(3)16-20(25)4/h10-16,21,24H,8-9,17-18H2,1-7H3,(H,28,32)/t21-,24-/m1/s1. The van der Waals surface area contributed by atoms with Crippen LogP contribution in [-0.4, -0.2) is 57.1 Å². The zero-order valence-electron chi connectivity index (χ0n) is 22.4. The molecular weight excluding hydrogens is 478 g/mol. The monoisotopic (exact) mass is 517 g/mol. The van der Waals surface area contributed by atoms with Crippen LogP contribution in [-0.2, 0) is 26.2 Å². The number of anilines is 1. The van der Waals surface area contributed by atoms with E-state index < -0.39 is 28.5 Å². The number of methoxy groups -OCH3 is 1. The van der Waals surface area contributed by atoms with Crippen LogP contribution >= 0.6 is 0 Å². The first-order valence-corrected chi connectivity index (χ1v) is 14.0. The zero-order valence-corrected chi connectivity index (χ0v) is 23.2. The van der Waals surface area contributed by atoms with Crippen LogP contribution in [0.2, 0.25) is 0 Å². The van der Waals surface area contributed by atoms with Gasteiger partial charge in [0.1, 0.15) is 18.3 Å². The second-order valence-corrected chi connectivity index (χ2v) is 11.1. The van der Waals surface area contributed by atoms with Gasteiger partial charge in [0.2, 0.25) is 21.8 Å². The summed E-state index contributed by atoms with van der Waals surface area (Å²) >= 11 is 0. The first-order valence-electron chi connectivity index (χ1n) is 12.2. The smallest absolute Gasteiger partial charge is 0.244 e. The number of amides is 2. The summed E-state index contributed by atoms with van der Waals surface area (Å²) in [4.78, 5) is 28.4. The van der Waals surface area contributed by atoms with Crippen LogP contribution in [0.25, 0.3) is 0 Å². The molecule has 0 aliphatic heterocycles. The number of nitrogens with zero attached hydrogens (tertiary/aromatic N) is 2. The molecule has 36 heavy (non-hydrogen) atoms. The van der Waals surface area contributed by atoms with Gasteiger partial charge in [0, 0.05) is 12.6 Å². The van der Waals surface area contributed by atoms with Gasteiger partial charge in [-0.25, -0.2) is 8.42 Å². The minimum Gasteiger partial charge on any atom is -0.497 e.